The van der Waals surface area contributed by atoms with E-state index in [1.807, 2.05) is 6.07 Å². The minimum absolute atomic E-state index is 0.674. The van der Waals surface area contributed by atoms with Gasteiger partial charge in [0.1, 0.15) is 5.75 Å². The molecule has 0 radical (unpaired) electrons. The molecule has 0 bridgehead atoms. The maximum atomic E-state index is 5.71. The fourth-order valence-electron chi connectivity index (χ4n) is 1.74. The molecule has 0 saturated carbocycles. The molecule has 1 aromatic rings. The summed E-state index contributed by atoms with van der Waals surface area (Å²) in [5.41, 5.74) is 2.57. The molecule has 0 fully saturated rings. The average Bonchev–Trinajstić information content (AvgIpc) is 2.29. The number of ether oxygens (including phenoxy) is 1. The van der Waals surface area contributed by atoms with Gasteiger partial charge in [-0.05, 0) is 30.7 Å². The van der Waals surface area contributed by atoms with Crippen molar-refractivity contribution < 1.29 is 4.74 Å². The molecule has 0 spiro atoms. The van der Waals surface area contributed by atoms with Gasteiger partial charge in [-0.1, -0.05) is 19.1 Å². The van der Waals surface area contributed by atoms with E-state index in [2.05, 4.69) is 31.0 Å². The van der Waals surface area contributed by atoms with Crippen LogP contribution in [0.2, 0.25) is 0 Å². The largest absolute Gasteiger partial charge is 0.496 e. The lowest BCUT2D eigenvalue weighted by Gasteiger charge is -2.16. The fraction of sp³-hybridized carbons (Fsp3) is 0.538. The predicted molar refractivity (Wildman–Crippen MR) is 69.4 cm³/mol. The van der Waals surface area contributed by atoms with Crippen molar-refractivity contribution in [3.63, 3.8) is 0 Å². The number of methoxy groups -OCH3 is 1. The molecule has 0 atom stereocenters. The molecule has 90 valence electrons. The Bertz CT molecular complexity index is 328. The van der Waals surface area contributed by atoms with Gasteiger partial charge in [-0.3, -0.25) is 0 Å². The summed E-state index contributed by atoms with van der Waals surface area (Å²) in [4.78, 5) is 2.22. The molecule has 0 aromatic heterocycles. The molecule has 2 nitrogen and oxygen atoms in total. The van der Waals surface area contributed by atoms with Crippen LogP contribution in [0.15, 0.2) is 18.2 Å². The number of rotatable bonds is 6. The van der Waals surface area contributed by atoms with Gasteiger partial charge in [0, 0.05) is 19.0 Å². The molecule has 16 heavy (non-hydrogen) atoms. The van der Waals surface area contributed by atoms with E-state index in [0.29, 0.717) is 5.88 Å². The SMILES string of the molecule is CCc1cc(CN(C)CCCl)ccc1OC. The number of hydrogen-bond acceptors (Lipinski definition) is 2. The summed E-state index contributed by atoms with van der Waals surface area (Å²) in [5, 5.41) is 0. The third kappa shape index (κ3) is 3.69. The topological polar surface area (TPSA) is 12.5 Å². The normalized spacial score (nSPS) is 10.8. The van der Waals surface area contributed by atoms with Crippen LogP contribution in [0.1, 0.15) is 18.1 Å². The Labute approximate surface area is 103 Å². The highest BCUT2D eigenvalue weighted by Gasteiger charge is 2.04. The summed E-state index contributed by atoms with van der Waals surface area (Å²) in [5.74, 6) is 1.65. The molecule has 1 aromatic carbocycles. The van der Waals surface area contributed by atoms with Gasteiger partial charge in [0.05, 0.1) is 7.11 Å². The van der Waals surface area contributed by atoms with Crippen molar-refractivity contribution in [2.75, 3.05) is 26.6 Å². The van der Waals surface area contributed by atoms with Crippen molar-refractivity contribution in [1.29, 1.82) is 0 Å². The van der Waals surface area contributed by atoms with Crippen molar-refractivity contribution in [2.24, 2.45) is 0 Å². The number of halogens is 1. The van der Waals surface area contributed by atoms with E-state index in [0.717, 1.165) is 25.3 Å². The molecule has 3 heteroatoms. The van der Waals surface area contributed by atoms with Gasteiger partial charge in [0.2, 0.25) is 0 Å². The molecule has 0 N–H and O–H groups in total. The van der Waals surface area contributed by atoms with E-state index < -0.39 is 0 Å². The first kappa shape index (κ1) is 13.3. The third-order valence-corrected chi connectivity index (χ3v) is 2.81. The summed E-state index contributed by atoms with van der Waals surface area (Å²) in [7, 11) is 3.80. The maximum Gasteiger partial charge on any atom is 0.122 e. The minimum atomic E-state index is 0.674. The Hall–Kier alpha value is -0.730. The lowest BCUT2D eigenvalue weighted by molar-refractivity contribution is 0.347. The Balaban J connectivity index is 2.74. The summed E-state index contributed by atoms with van der Waals surface area (Å²) in [6.45, 7) is 3.99. The van der Waals surface area contributed by atoms with Crippen molar-refractivity contribution in [1.82, 2.24) is 4.90 Å². The third-order valence-electron chi connectivity index (χ3n) is 2.64. The molecule has 0 heterocycles. The Morgan fingerprint density at radius 3 is 2.69 bits per heavy atom. The predicted octanol–water partition coefficient (Wildman–Crippen LogP) is 2.93. The highest BCUT2D eigenvalue weighted by molar-refractivity contribution is 6.18. The van der Waals surface area contributed by atoms with Crippen LogP contribution in [-0.4, -0.2) is 31.5 Å². The quantitative estimate of drug-likeness (QED) is 0.710. The molecule has 0 saturated heterocycles. The first-order valence-electron chi connectivity index (χ1n) is 5.61. The van der Waals surface area contributed by atoms with Gasteiger partial charge in [-0.25, -0.2) is 0 Å². The number of benzene rings is 1. The lowest BCUT2D eigenvalue weighted by Crippen LogP contribution is -2.20. The summed E-state index contributed by atoms with van der Waals surface area (Å²) in [6.07, 6.45) is 0.996. The Morgan fingerprint density at radius 2 is 2.12 bits per heavy atom. The van der Waals surface area contributed by atoms with E-state index in [-0.39, 0.29) is 0 Å². The number of aryl methyl sites for hydroxylation is 1. The van der Waals surface area contributed by atoms with E-state index in [4.69, 9.17) is 16.3 Å². The second-order valence-electron chi connectivity index (χ2n) is 3.93. The van der Waals surface area contributed by atoms with Crippen LogP contribution in [-0.2, 0) is 13.0 Å². The molecule has 0 unspecified atom stereocenters. The fourth-order valence-corrected chi connectivity index (χ4v) is 2.03. The smallest absolute Gasteiger partial charge is 0.122 e. The molecular formula is C13H20ClNO. The molecule has 1 rings (SSSR count). The highest BCUT2D eigenvalue weighted by Crippen LogP contribution is 2.20. The highest BCUT2D eigenvalue weighted by atomic mass is 35.5. The van der Waals surface area contributed by atoms with Crippen LogP contribution in [0.5, 0.6) is 5.75 Å². The van der Waals surface area contributed by atoms with Crippen LogP contribution in [0.25, 0.3) is 0 Å². The van der Waals surface area contributed by atoms with E-state index in [9.17, 15) is 0 Å². The zero-order chi connectivity index (χ0) is 12.0. The van der Waals surface area contributed by atoms with E-state index >= 15 is 0 Å². The number of nitrogens with zero attached hydrogens (tertiary/aromatic N) is 1. The molecule has 0 aliphatic heterocycles. The van der Waals surface area contributed by atoms with Gasteiger partial charge < -0.3 is 9.64 Å². The zero-order valence-corrected chi connectivity index (χ0v) is 11.0. The molecule has 0 aliphatic rings. The Morgan fingerprint density at radius 1 is 1.38 bits per heavy atom. The van der Waals surface area contributed by atoms with Gasteiger partial charge in [0.15, 0.2) is 0 Å². The minimum Gasteiger partial charge on any atom is -0.496 e. The first-order chi connectivity index (χ1) is 7.71. The van der Waals surface area contributed by atoms with Crippen LogP contribution in [0.3, 0.4) is 0 Å². The van der Waals surface area contributed by atoms with Gasteiger partial charge in [-0.15, -0.1) is 11.6 Å². The second-order valence-corrected chi connectivity index (χ2v) is 4.30. The van der Waals surface area contributed by atoms with Crippen LogP contribution in [0, 0.1) is 0 Å². The van der Waals surface area contributed by atoms with Crippen LogP contribution < -0.4 is 4.74 Å². The summed E-state index contributed by atoms with van der Waals surface area (Å²) >= 11 is 5.71. The standard InChI is InChI=1S/C13H20ClNO/c1-4-12-9-11(5-6-13(12)16-3)10-15(2)8-7-14/h5-6,9H,4,7-8,10H2,1-3H3. The molecule has 0 amide bonds. The van der Waals surface area contributed by atoms with Crippen LogP contribution >= 0.6 is 11.6 Å². The van der Waals surface area contributed by atoms with Crippen molar-refractivity contribution in [2.45, 2.75) is 19.9 Å². The van der Waals surface area contributed by atoms with Crippen molar-refractivity contribution in [3.05, 3.63) is 29.3 Å². The van der Waals surface area contributed by atoms with E-state index in [1.54, 1.807) is 7.11 Å². The summed E-state index contributed by atoms with van der Waals surface area (Å²) < 4.78 is 5.31. The average molecular weight is 242 g/mol. The number of alkyl halides is 1. The van der Waals surface area contributed by atoms with E-state index in [1.165, 1.54) is 11.1 Å². The number of hydrogen-bond donors (Lipinski definition) is 0. The van der Waals surface area contributed by atoms with Gasteiger partial charge in [0.25, 0.3) is 0 Å². The molecule has 0 aliphatic carbocycles. The van der Waals surface area contributed by atoms with Gasteiger partial charge in [-0.2, -0.15) is 0 Å². The van der Waals surface area contributed by atoms with Crippen molar-refractivity contribution >= 4 is 11.6 Å². The van der Waals surface area contributed by atoms with Gasteiger partial charge >= 0.3 is 0 Å². The monoisotopic (exact) mass is 241 g/mol. The lowest BCUT2D eigenvalue weighted by atomic mass is 10.1. The second kappa shape index (κ2) is 6.77. The summed E-state index contributed by atoms with van der Waals surface area (Å²) in [6, 6.07) is 6.37. The Kier molecular flexibility index (Phi) is 5.64. The molecular weight excluding hydrogens is 222 g/mol. The first-order valence-corrected chi connectivity index (χ1v) is 6.15. The maximum absolute atomic E-state index is 5.71. The van der Waals surface area contributed by atoms with Crippen LogP contribution in [0.4, 0.5) is 0 Å². The van der Waals surface area contributed by atoms with Crippen molar-refractivity contribution in [3.8, 4) is 5.75 Å². The zero-order valence-electron chi connectivity index (χ0n) is 10.3.